The van der Waals surface area contributed by atoms with Gasteiger partial charge in [-0.05, 0) is 43.0 Å². The topological polar surface area (TPSA) is 89.0 Å². The van der Waals surface area contributed by atoms with Gasteiger partial charge in [-0.2, -0.15) is 0 Å². The summed E-state index contributed by atoms with van der Waals surface area (Å²) in [6.07, 6.45) is 6.85. The highest BCUT2D eigenvalue weighted by atomic mass is 35.5. The van der Waals surface area contributed by atoms with Crippen molar-refractivity contribution >= 4 is 29.0 Å². The molecule has 4 rings (SSSR count). The van der Waals surface area contributed by atoms with Crippen LogP contribution >= 0.6 is 11.6 Å². The van der Waals surface area contributed by atoms with Crippen molar-refractivity contribution in [3.63, 3.8) is 0 Å². The zero-order chi connectivity index (χ0) is 21.8. The van der Waals surface area contributed by atoms with Gasteiger partial charge in [0.15, 0.2) is 5.82 Å². The Bertz CT molecular complexity index is 1110. The molecule has 1 aliphatic rings. The first-order valence-corrected chi connectivity index (χ1v) is 10.2. The molecular formula is C22H21ClFN5O2. The maximum atomic E-state index is 14.4. The zero-order valence-electron chi connectivity index (χ0n) is 16.9. The summed E-state index contributed by atoms with van der Waals surface area (Å²) in [6, 6.07) is 5.95. The van der Waals surface area contributed by atoms with Crippen LogP contribution in [0.15, 0.2) is 42.9 Å². The van der Waals surface area contributed by atoms with Crippen LogP contribution in [0.25, 0.3) is 11.4 Å². The van der Waals surface area contributed by atoms with Crippen LogP contribution in [0, 0.1) is 5.82 Å². The van der Waals surface area contributed by atoms with Gasteiger partial charge in [-0.3, -0.25) is 9.78 Å². The van der Waals surface area contributed by atoms with Crippen LogP contribution in [0.5, 0.6) is 0 Å². The molecular weight excluding hydrogens is 421 g/mol. The van der Waals surface area contributed by atoms with E-state index in [1.165, 1.54) is 24.4 Å². The van der Waals surface area contributed by atoms with Gasteiger partial charge in [0.25, 0.3) is 5.91 Å². The highest BCUT2D eigenvalue weighted by Gasteiger charge is 2.28. The molecule has 2 N–H and O–H groups in total. The van der Waals surface area contributed by atoms with E-state index in [9.17, 15) is 9.18 Å². The van der Waals surface area contributed by atoms with Crippen LogP contribution in [0.1, 0.15) is 34.7 Å². The maximum absolute atomic E-state index is 14.4. The first-order valence-electron chi connectivity index (χ1n) is 9.87. The Morgan fingerprint density at radius 2 is 2.13 bits per heavy atom. The highest BCUT2D eigenvalue weighted by Crippen LogP contribution is 2.43. The van der Waals surface area contributed by atoms with E-state index in [-0.39, 0.29) is 17.3 Å². The number of benzene rings is 1. The average Bonchev–Trinajstić information content (AvgIpc) is 3.61. The third kappa shape index (κ3) is 4.98. The summed E-state index contributed by atoms with van der Waals surface area (Å²) >= 11 is 6.04. The molecule has 2 heterocycles. The van der Waals surface area contributed by atoms with Gasteiger partial charge in [-0.1, -0.05) is 11.6 Å². The van der Waals surface area contributed by atoms with E-state index in [1.807, 2.05) is 0 Å². The van der Waals surface area contributed by atoms with Crippen molar-refractivity contribution in [2.24, 2.45) is 0 Å². The molecule has 9 heteroatoms. The number of ether oxygens (including phenoxy) is 1. The molecule has 0 unspecified atom stereocenters. The van der Waals surface area contributed by atoms with E-state index >= 15 is 0 Å². The molecule has 1 aliphatic carbocycles. The molecule has 1 amide bonds. The predicted octanol–water partition coefficient (Wildman–Crippen LogP) is 4.33. The average molecular weight is 442 g/mol. The number of methoxy groups -OCH3 is 1. The lowest BCUT2D eigenvalue weighted by molar-refractivity contribution is 0.0937. The molecule has 1 aromatic carbocycles. The SMILES string of the molecule is COCCNC(=O)c1cnccc1Nc1nc(-c2cc(Cl)ccc2F)ncc1C1CC1. The summed E-state index contributed by atoms with van der Waals surface area (Å²) < 4.78 is 19.3. The van der Waals surface area contributed by atoms with E-state index in [0.29, 0.717) is 41.2 Å². The summed E-state index contributed by atoms with van der Waals surface area (Å²) in [6.45, 7) is 0.782. The van der Waals surface area contributed by atoms with Gasteiger partial charge in [0.2, 0.25) is 0 Å². The fourth-order valence-corrected chi connectivity index (χ4v) is 3.33. The van der Waals surface area contributed by atoms with Crippen LogP contribution in [0.2, 0.25) is 5.02 Å². The standard InChI is InChI=1S/C22H21ClFN5O2/c1-31-9-8-26-22(30)17-11-25-7-6-19(17)28-21-16(13-2-3-13)12-27-20(29-21)15-10-14(23)4-5-18(15)24/h4-7,10-13H,2-3,8-9H2,1H3,(H,26,30)(H,25,27,28,29). The minimum Gasteiger partial charge on any atom is -0.383 e. The maximum Gasteiger partial charge on any atom is 0.255 e. The van der Waals surface area contributed by atoms with Gasteiger partial charge in [-0.25, -0.2) is 14.4 Å². The van der Waals surface area contributed by atoms with Gasteiger partial charge in [0.05, 0.1) is 23.4 Å². The Hall–Kier alpha value is -3.10. The number of carbonyl (C=O) groups is 1. The molecule has 1 fully saturated rings. The van der Waals surface area contributed by atoms with Crippen molar-refractivity contribution in [1.29, 1.82) is 0 Å². The Morgan fingerprint density at radius 1 is 1.29 bits per heavy atom. The Morgan fingerprint density at radius 3 is 2.90 bits per heavy atom. The highest BCUT2D eigenvalue weighted by molar-refractivity contribution is 6.30. The van der Waals surface area contributed by atoms with Crippen LogP contribution in [-0.2, 0) is 4.74 Å². The zero-order valence-corrected chi connectivity index (χ0v) is 17.6. The quantitative estimate of drug-likeness (QED) is 0.506. The number of hydrogen-bond donors (Lipinski definition) is 2. The molecule has 0 bridgehead atoms. The molecule has 0 radical (unpaired) electrons. The molecule has 160 valence electrons. The Kier molecular flexibility index (Phi) is 6.39. The molecule has 0 atom stereocenters. The van der Waals surface area contributed by atoms with Crippen LogP contribution in [-0.4, -0.2) is 41.1 Å². The lowest BCUT2D eigenvalue weighted by Crippen LogP contribution is -2.27. The van der Waals surface area contributed by atoms with Gasteiger partial charge in [0.1, 0.15) is 11.6 Å². The summed E-state index contributed by atoms with van der Waals surface area (Å²) in [5.74, 6) is 0.338. The van der Waals surface area contributed by atoms with Crippen molar-refractivity contribution in [2.45, 2.75) is 18.8 Å². The fourth-order valence-electron chi connectivity index (χ4n) is 3.16. The lowest BCUT2D eigenvalue weighted by atomic mass is 10.1. The van der Waals surface area contributed by atoms with Gasteiger partial charge in [0, 0.05) is 42.8 Å². The molecule has 0 spiro atoms. The molecule has 2 aromatic heterocycles. The smallest absolute Gasteiger partial charge is 0.255 e. The van der Waals surface area contributed by atoms with E-state index < -0.39 is 5.82 Å². The number of nitrogens with one attached hydrogen (secondary N) is 2. The lowest BCUT2D eigenvalue weighted by Gasteiger charge is -2.15. The Labute approximate surface area is 184 Å². The number of anilines is 2. The number of aromatic nitrogens is 3. The third-order valence-electron chi connectivity index (χ3n) is 4.91. The number of halogens is 2. The Balaban J connectivity index is 1.68. The first-order chi connectivity index (χ1) is 15.1. The van der Waals surface area contributed by atoms with E-state index in [0.717, 1.165) is 18.4 Å². The van der Waals surface area contributed by atoms with Crippen molar-refractivity contribution in [3.05, 3.63) is 64.8 Å². The van der Waals surface area contributed by atoms with Crippen molar-refractivity contribution in [2.75, 3.05) is 25.6 Å². The van der Waals surface area contributed by atoms with E-state index in [2.05, 4.69) is 25.6 Å². The second-order valence-corrected chi connectivity index (χ2v) is 7.63. The number of rotatable bonds is 8. The van der Waals surface area contributed by atoms with Crippen LogP contribution in [0.4, 0.5) is 15.9 Å². The summed E-state index contributed by atoms with van der Waals surface area (Å²) in [4.78, 5) is 25.6. The number of nitrogens with zero attached hydrogens (tertiary/aromatic N) is 3. The van der Waals surface area contributed by atoms with Crippen LogP contribution in [0.3, 0.4) is 0 Å². The van der Waals surface area contributed by atoms with E-state index in [4.69, 9.17) is 16.3 Å². The number of amides is 1. The van der Waals surface area contributed by atoms with Crippen molar-refractivity contribution in [1.82, 2.24) is 20.3 Å². The second-order valence-electron chi connectivity index (χ2n) is 7.19. The monoisotopic (exact) mass is 441 g/mol. The normalized spacial score (nSPS) is 13.1. The summed E-state index contributed by atoms with van der Waals surface area (Å²) in [5.41, 5.74) is 2.05. The molecule has 1 saturated carbocycles. The molecule has 0 aliphatic heterocycles. The molecule has 7 nitrogen and oxygen atoms in total. The summed E-state index contributed by atoms with van der Waals surface area (Å²) in [7, 11) is 1.57. The van der Waals surface area contributed by atoms with Gasteiger partial charge in [-0.15, -0.1) is 0 Å². The number of hydrogen-bond acceptors (Lipinski definition) is 6. The fraction of sp³-hybridized carbons (Fsp3) is 0.273. The van der Waals surface area contributed by atoms with Crippen molar-refractivity contribution in [3.8, 4) is 11.4 Å². The molecule has 3 aromatic rings. The van der Waals surface area contributed by atoms with Crippen LogP contribution < -0.4 is 10.6 Å². The largest absolute Gasteiger partial charge is 0.383 e. The predicted molar refractivity (Wildman–Crippen MR) is 116 cm³/mol. The van der Waals surface area contributed by atoms with Crippen molar-refractivity contribution < 1.29 is 13.9 Å². The second kappa shape index (κ2) is 9.36. The third-order valence-corrected chi connectivity index (χ3v) is 5.15. The first kappa shape index (κ1) is 21.1. The van der Waals surface area contributed by atoms with Gasteiger partial charge >= 0.3 is 0 Å². The minimum absolute atomic E-state index is 0.213. The molecule has 0 saturated heterocycles. The number of pyridine rings is 1. The van der Waals surface area contributed by atoms with Gasteiger partial charge < -0.3 is 15.4 Å². The minimum atomic E-state index is -0.461. The van der Waals surface area contributed by atoms with E-state index in [1.54, 1.807) is 25.6 Å². The number of carbonyl (C=O) groups excluding carboxylic acids is 1. The summed E-state index contributed by atoms with van der Waals surface area (Å²) in [5, 5.41) is 6.42. The molecule has 31 heavy (non-hydrogen) atoms.